The van der Waals surface area contributed by atoms with Crippen LogP contribution in [0.4, 0.5) is 0 Å². The molecule has 1 rings (SSSR count). The molecule has 1 aromatic carbocycles. The van der Waals surface area contributed by atoms with Crippen LogP contribution in [0.3, 0.4) is 0 Å². The molecule has 0 heterocycles. The number of benzene rings is 1. The van der Waals surface area contributed by atoms with Crippen LogP contribution in [0.15, 0.2) is 36.3 Å². The van der Waals surface area contributed by atoms with Crippen LogP contribution in [-0.2, 0) is 0 Å². The normalized spacial score (nSPS) is 9.80. The van der Waals surface area contributed by atoms with E-state index in [2.05, 4.69) is 37.6 Å². The Kier molecular flexibility index (Phi) is 4.04. The highest BCUT2D eigenvalue weighted by Crippen LogP contribution is 2.28. The predicted octanol–water partition coefficient (Wildman–Crippen LogP) is 3.58. The van der Waals surface area contributed by atoms with Crippen molar-refractivity contribution in [2.24, 2.45) is 0 Å². The van der Waals surface area contributed by atoms with Gasteiger partial charge in [-0.1, -0.05) is 31.4 Å². The molecule has 0 saturated heterocycles. The van der Waals surface area contributed by atoms with Crippen LogP contribution >= 0.6 is 11.8 Å². The first kappa shape index (κ1) is 11.9. The topological polar surface area (TPSA) is 3.24 Å². The fourth-order valence-electron chi connectivity index (χ4n) is 1.43. The van der Waals surface area contributed by atoms with Crippen LogP contribution in [-0.4, -0.2) is 25.3 Å². The van der Waals surface area contributed by atoms with Gasteiger partial charge >= 0.3 is 0 Å². The predicted molar refractivity (Wildman–Crippen MR) is 71.0 cm³/mol. The lowest BCUT2D eigenvalue weighted by Crippen LogP contribution is -2.09. The quantitative estimate of drug-likeness (QED) is 0.712. The highest BCUT2D eigenvalue weighted by atomic mass is 32.2. The maximum Gasteiger partial charge on any atom is 0.0368 e. The molecular formula is C13H17NS. The summed E-state index contributed by atoms with van der Waals surface area (Å²) in [5.41, 5.74) is 3.34. The standard InChI is InChI=1S/C13H17NS/c1-6-11-12(10(2)14(3)4)8-7-9-13(11)15-5/h6-9H,1-2H2,3-5H3. The van der Waals surface area contributed by atoms with Crippen molar-refractivity contribution in [2.75, 3.05) is 20.4 Å². The third kappa shape index (κ3) is 2.45. The van der Waals surface area contributed by atoms with Gasteiger partial charge in [0, 0.05) is 30.3 Å². The smallest absolute Gasteiger partial charge is 0.0368 e. The molecule has 2 heteroatoms. The van der Waals surface area contributed by atoms with Gasteiger partial charge in [-0.25, -0.2) is 0 Å². The molecular weight excluding hydrogens is 202 g/mol. The molecule has 0 aliphatic carbocycles. The Labute approximate surface area is 96.5 Å². The molecule has 0 unspecified atom stereocenters. The highest BCUT2D eigenvalue weighted by Gasteiger charge is 2.08. The van der Waals surface area contributed by atoms with Gasteiger partial charge in [0.05, 0.1) is 0 Å². The molecule has 0 atom stereocenters. The minimum Gasteiger partial charge on any atom is -0.378 e. The molecule has 0 aliphatic heterocycles. The van der Waals surface area contributed by atoms with Crippen molar-refractivity contribution in [1.82, 2.24) is 4.90 Å². The lowest BCUT2D eigenvalue weighted by molar-refractivity contribution is 0.593. The Morgan fingerprint density at radius 2 is 2.07 bits per heavy atom. The van der Waals surface area contributed by atoms with Crippen molar-refractivity contribution in [3.8, 4) is 0 Å². The second-order valence-electron chi connectivity index (χ2n) is 3.47. The zero-order valence-electron chi connectivity index (χ0n) is 9.58. The Morgan fingerprint density at radius 3 is 2.53 bits per heavy atom. The van der Waals surface area contributed by atoms with Gasteiger partial charge in [-0.2, -0.15) is 0 Å². The van der Waals surface area contributed by atoms with E-state index < -0.39 is 0 Å². The number of hydrogen-bond donors (Lipinski definition) is 0. The van der Waals surface area contributed by atoms with Gasteiger partial charge in [0.15, 0.2) is 0 Å². The molecule has 0 saturated carbocycles. The SMILES string of the molecule is C=Cc1c(SC)cccc1C(=C)N(C)C. The van der Waals surface area contributed by atoms with Crippen LogP contribution in [0.2, 0.25) is 0 Å². The first-order valence-electron chi connectivity index (χ1n) is 4.77. The summed E-state index contributed by atoms with van der Waals surface area (Å²) in [5.74, 6) is 0. The summed E-state index contributed by atoms with van der Waals surface area (Å²) in [6.45, 7) is 7.95. The second kappa shape index (κ2) is 5.08. The van der Waals surface area contributed by atoms with E-state index in [9.17, 15) is 0 Å². The molecule has 0 aromatic heterocycles. The Bertz CT molecular complexity index is 380. The van der Waals surface area contributed by atoms with Crippen LogP contribution in [0.5, 0.6) is 0 Å². The van der Waals surface area contributed by atoms with Gasteiger partial charge in [0.25, 0.3) is 0 Å². The zero-order valence-corrected chi connectivity index (χ0v) is 10.4. The molecule has 0 bridgehead atoms. The minimum atomic E-state index is 1.01. The lowest BCUT2D eigenvalue weighted by Gasteiger charge is -2.19. The average molecular weight is 219 g/mol. The monoisotopic (exact) mass is 219 g/mol. The van der Waals surface area contributed by atoms with Crippen LogP contribution in [0.1, 0.15) is 11.1 Å². The highest BCUT2D eigenvalue weighted by molar-refractivity contribution is 7.98. The molecule has 0 fully saturated rings. The van der Waals surface area contributed by atoms with Crippen molar-refractivity contribution in [2.45, 2.75) is 4.90 Å². The van der Waals surface area contributed by atoms with E-state index in [0.717, 1.165) is 11.3 Å². The van der Waals surface area contributed by atoms with Gasteiger partial charge in [0.2, 0.25) is 0 Å². The van der Waals surface area contributed by atoms with Crippen molar-refractivity contribution in [1.29, 1.82) is 0 Å². The lowest BCUT2D eigenvalue weighted by atomic mass is 10.0. The van der Waals surface area contributed by atoms with Crippen molar-refractivity contribution in [3.63, 3.8) is 0 Å². The van der Waals surface area contributed by atoms with Gasteiger partial charge in [-0.15, -0.1) is 11.8 Å². The van der Waals surface area contributed by atoms with Crippen molar-refractivity contribution in [3.05, 3.63) is 42.5 Å². The first-order chi connectivity index (χ1) is 7.11. The molecule has 80 valence electrons. The third-order valence-corrected chi connectivity index (χ3v) is 3.14. The molecule has 0 N–H and O–H groups in total. The summed E-state index contributed by atoms with van der Waals surface area (Å²) in [4.78, 5) is 3.26. The van der Waals surface area contributed by atoms with E-state index in [1.165, 1.54) is 10.5 Å². The van der Waals surface area contributed by atoms with E-state index in [4.69, 9.17) is 0 Å². The largest absolute Gasteiger partial charge is 0.378 e. The van der Waals surface area contributed by atoms with Crippen LogP contribution in [0, 0.1) is 0 Å². The minimum absolute atomic E-state index is 1.01. The Balaban J connectivity index is 3.29. The van der Waals surface area contributed by atoms with Gasteiger partial charge in [-0.05, 0) is 17.9 Å². The molecule has 1 aromatic rings. The molecule has 1 nitrogen and oxygen atoms in total. The van der Waals surface area contributed by atoms with E-state index in [-0.39, 0.29) is 0 Å². The van der Waals surface area contributed by atoms with Crippen molar-refractivity contribution >= 4 is 23.5 Å². The number of rotatable bonds is 4. The van der Waals surface area contributed by atoms with E-state index in [1.54, 1.807) is 11.8 Å². The number of nitrogens with zero attached hydrogens (tertiary/aromatic N) is 1. The summed E-state index contributed by atoms with van der Waals surface area (Å²) in [6, 6.07) is 6.25. The Morgan fingerprint density at radius 1 is 1.40 bits per heavy atom. The van der Waals surface area contributed by atoms with E-state index >= 15 is 0 Å². The third-order valence-electron chi connectivity index (χ3n) is 2.34. The molecule has 0 spiro atoms. The van der Waals surface area contributed by atoms with Gasteiger partial charge in [-0.3, -0.25) is 0 Å². The summed E-state index contributed by atoms with van der Waals surface area (Å²) in [5, 5.41) is 0. The Hall–Kier alpha value is -1.15. The fourth-order valence-corrected chi connectivity index (χ4v) is 2.05. The summed E-state index contributed by atoms with van der Waals surface area (Å²) < 4.78 is 0. The zero-order chi connectivity index (χ0) is 11.4. The van der Waals surface area contributed by atoms with Gasteiger partial charge in [0.1, 0.15) is 0 Å². The summed E-state index contributed by atoms with van der Waals surface area (Å²) in [6.07, 6.45) is 3.97. The second-order valence-corrected chi connectivity index (χ2v) is 4.31. The van der Waals surface area contributed by atoms with E-state index in [1.807, 2.05) is 25.1 Å². The summed E-state index contributed by atoms with van der Waals surface area (Å²) in [7, 11) is 4.00. The molecule has 0 aliphatic rings. The number of hydrogen-bond acceptors (Lipinski definition) is 2. The van der Waals surface area contributed by atoms with Crippen LogP contribution < -0.4 is 0 Å². The maximum atomic E-state index is 4.08. The maximum absolute atomic E-state index is 4.08. The van der Waals surface area contributed by atoms with Gasteiger partial charge < -0.3 is 4.90 Å². The van der Waals surface area contributed by atoms with Crippen LogP contribution in [0.25, 0.3) is 11.8 Å². The molecule has 0 radical (unpaired) electrons. The fraction of sp³-hybridized carbons (Fsp3) is 0.231. The van der Waals surface area contributed by atoms with Crippen molar-refractivity contribution < 1.29 is 0 Å². The first-order valence-corrected chi connectivity index (χ1v) is 6.00. The van der Waals surface area contributed by atoms with E-state index in [0.29, 0.717) is 0 Å². The molecule has 0 amide bonds. The number of thioether (sulfide) groups is 1. The summed E-state index contributed by atoms with van der Waals surface area (Å²) >= 11 is 1.73. The average Bonchev–Trinajstić information content (AvgIpc) is 2.26. The molecule has 15 heavy (non-hydrogen) atoms.